The minimum absolute atomic E-state index is 0.148. The highest BCUT2D eigenvalue weighted by Crippen LogP contribution is 2.24. The minimum atomic E-state index is -3.40. The summed E-state index contributed by atoms with van der Waals surface area (Å²) in [4.78, 5) is 0. The van der Waals surface area contributed by atoms with E-state index < -0.39 is 14.8 Å². The van der Waals surface area contributed by atoms with Gasteiger partial charge in [-0.05, 0) is 61.6 Å². The summed E-state index contributed by atoms with van der Waals surface area (Å²) in [6.07, 6.45) is 0. The Morgan fingerprint density at radius 2 is 1.27 bits per heavy atom. The second kappa shape index (κ2) is 7.31. The first-order valence-corrected chi connectivity index (χ1v) is 10.3. The van der Waals surface area contributed by atoms with E-state index >= 15 is 0 Å². The first kappa shape index (κ1) is 20.3. The molecule has 0 radical (unpaired) electrons. The van der Waals surface area contributed by atoms with Gasteiger partial charge in [-0.2, -0.15) is 0 Å². The van der Waals surface area contributed by atoms with Gasteiger partial charge in [0.25, 0.3) is 0 Å². The fraction of sp³-hybridized carbons (Fsp3) is 0.429. The Labute approximate surface area is 158 Å². The second-order valence-electron chi connectivity index (χ2n) is 8.60. The highest BCUT2D eigenvalue weighted by atomic mass is 32.2. The van der Waals surface area contributed by atoms with E-state index in [1.54, 1.807) is 32.9 Å². The number of anilines is 2. The lowest BCUT2D eigenvalue weighted by Crippen LogP contribution is -2.33. The van der Waals surface area contributed by atoms with Crippen LogP contribution in [0.25, 0.3) is 0 Å². The lowest BCUT2D eigenvalue weighted by atomic mass is 9.87. The summed E-state index contributed by atoms with van der Waals surface area (Å²) in [5.41, 5.74) is 4.19. The molecule has 0 saturated heterocycles. The molecule has 0 heterocycles. The SMILES string of the molecule is CC(C)(C)c1ccc(NCc2ccc(NS(=O)(=O)C(C)(C)C)cc2)cc1. The molecule has 0 aromatic heterocycles. The lowest BCUT2D eigenvalue weighted by Gasteiger charge is -2.20. The van der Waals surface area contributed by atoms with Crippen molar-refractivity contribution in [1.82, 2.24) is 0 Å². The molecule has 0 bridgehead atoms. The first-order valence-electron chi connectivity index (χ1n) is 8.84. The standard InChI is InChI=1S/C21H30N2O2S/c1-20(2,3)17-9-13-18(14-10-17)22-15-16-7-11-19(12-8-16)23-26(24,25)21(4,5)6/h7-14,22-23H,15H2,1-6H3. The Balaban J connectivity index is 1.98. The molecule has 0 aliphatic heterocycles. The molecule has 2 aromatic carbocycles. The van der Waals surface area contributed by atoms with Crippen molar-refractivity contribution < 1.29 is 8.42 Å². The van der Waals surface area contributed by atoms with Crippen LogP contribution < -0.4 is 10.0 Å². The van der Waals surface area contributed by atoms with Crippen LogP contribution in [0, 0.1) is 0 Å². The lowest BCUT2D eigenvalue weighted by molar-refractivity contribution is 0.566. The molecule has 26 heavy (non-hydrogen) atoms. The molecule has 0 unspecified atom stereocenters. The van der Waals surface area contributed by atoms with Crippen LogP contribution in [0.2, 0.25) is 0 Å². The van der Waals surface area contributed by atoms with Crippen molar-refractivity contribution in [3.63, 3.8) is 0 Å². The van der Waals surface area contributed by atoms with Crippen LogP contribution in [0.3, 0.4) is 0 Å². The van der Waals surface area contributed by atoms with Crippen molar-refractivity contribution in [3.8, 4) is 0 Å². The highest BCUT2D eigenvalue weighted by molar-refractivity contribution is 7.94. The van der Waals surface area contributed by atoms with Gasteiger partial charge >= 0.3 is 0 Å². The summed E-state index contributed by atoms with van der Waals surface area (Å²) >= 11 is 0. The van der Waals surface area contributed by atoms with Crippen LogP contribution in [0.15, 0.2) is 48.5 Å². The van der Waals surface area contributed by atoms with Crippen molar-refractivity contribution in [3.05, 3.63) is 59.7 Å². The molecule has 142 valence electrons. The summed E-state index contributed by atoms with van der Waals surface area (Å²) in [6.45, 7) is 12.3. The van der Waals surface area contributed by atoms with Crippen molar-refractivity contribution in [1.29, 1.82) is 0 Å². The molecular formula is C21H30N2O2S. The van der Waals surface area contributed by atoms with Crippen molar-refractivity contribution in [2.45, 2.75) is 58.2 Å². The Hall–Kier alpha value is -2.01. The number of nitrogens with one attached hydrogen (secondary N) is 2. The fourth-order valence-corrected chi connectivity index (χ4v) is 3.04. The van der Waals surface area contributed by atoms with Gasteiger partial charge in [-0.1, -0.05) is 45.0 Å². The van der Waals surface area contributed by atoms with Gasteiger partial charge in [0.1, 0.15) is 0 Å². The van der Waals surface area contributed by atoms with Gasteiger partial charge in [-0.15, -0.1) is 0 Å². The van der Waals surface area contributed by atoms with Gasteiger partial charge in [-0.3, -0.25) is 4.72 Å². The smallest absolute Gasteiger partial charge is 0.237 e. The first-order chi connectivity index (χ1) is 11.9. The number of hydrogen-bond acceptors (Lipinski definition) is 3. The Morgan fingerprint density at radius 1 is 0.769 bits per heavy atom. The van der Waals surface area contributed by atoms with Gasteiger partial charge in [0.05, 0.1) is 4.75 Å². The predicted octanol–water partition coefficient (Wildman–Crippen LogP) is 5.14. The third-order valence-corrected chi connectivity index (χ3v) is 6.38. The van der Waals surface area contributed by atoms with Gasteiger partial charge in [0.15, 0.2) is 0 Å². The largest absolute Gasteiger partial charge is 0.381 e. The summed E-state index contributed by atoms with van der Waals surface area (Å²) in [5, 5.41) is 3.39. The number of sulfonamides is 1. The molecule has 4 nitrogen and oxygen atoms in total. The van der Waals surface area contributed by atoms with Gasteiger partial charge < -0.3 is 5.32 Å². The zero-order valence-corrected chi connectivity index (χ0v) is 17.4. The van der Waals surface area contributed by atoms with E-state index in [1.807, 2.05) is 12.1 Å². The molecule has 0 aliphatic carbocycles. The Bertz CT molecular complexity index is 826. The van der Waals surface area contributed by atoms with Crippen molar-refractivity contribution in [2.24, 2.45) is 0 Å². The fourth-order valence-electron chi connectivity index (χ4n) is 2.29. The van der Waals surface area contributed by atoms with E-state index in [0.717, 1.165) is 11.3 Å². The van der Waals surface area contributed by atoms with Crippen LogP contribution >= 0.6 is 0 Å². The molecule has 5 heteroatoms. The molecule has 0 atom stereocenters. The monoisotopic (exact) mass is 374 g/mol. The zero-order chi connectivity index (χ0) is 19.6. The Morgan fingerprint density at radius 3 is 1.73 bits per heavy atom. The van der Waals surface area contributed by atoms with E-state index in [9.17, 15) is 8.42 Å². The summed E-state index contributed by atoms with van der Waals surface area (Å²) in [7, 11) is -3.40. The predicted molar refractivity (Wildman–Crippen MR) is 111 cm³/mol. The molecule has 2 N–H and O–H groups in total. The van der Waals surface area contributed by atoms with Gasteiger partial charge in [0, 0.05) is 17.9 Å². The third-order valence-electron chi connectivity index (χ3n) is 4.26. The molecule has 0 aliphatic rings. The average molecular weight is 375 g/mol. The molecule has 0 amide bonds. The molecule has 0 fully saturated rings. The number of hydrogen-bond donors (Lipinski definition) is 2. The maximum absolute atomic E-state index is 12.2. The second-order valence-corrected chi connectivity index (χ2v) is 11.0. The quantitative estimate of drug-likeness (QED) is 0.762. The van der Waals surface area contributed by atoms with E-state index in [1.165, 1.54) is 5.56 Å². The van der Waals surface area contributed by atoms with E-state index in [0.29, 0.717) is 12.2 Å². The summed E-state index contributed by atoms with van der Waals surface area (Å²) in [5.74, 6) is 0. The minimum Gasteiger partial charge on any atom is -0.381 e. The van der Waals surface area contributed by atoms with Crippen molar-refractivity contribution >= 4 is 21.4 Å². The topological polar surface area (TPSA) is 58.2 Å². The number of rotatable bonds is 5. The van der Waals surface area contributed by atoms with E-state index in [-0.39, 0.29) is 5.41 Å². The normalized spacial score (nSPS) is 12.7. The molecular weight excluding hydrogens is 344 g/mol. The van der Waals surface area contributed by atoms with Crippen LogP contribution in [0.5, 0.6) is 0 Å². The molecule has 0 saturated carbocycles. The van der Waals surface area contributed by atoms with E-state index in [2.05, 4.69) is 55.1 Å². The molecule has 2 rings (SSSR count). The van der Waals surface area contributed by atoms with Gasteiger partial charge in [-0.25, -0.2) is 8.42 Å². The van der Waals surface area contributed by atoms with Crippen LogP contribution in [-0.2, 0) is 22.0 Å². The maximum atomic E-state index is 12.2. The molecule has 0 spiro atoms. The summed E-state index contributed by atoms with van der Waals surface area (Å²) in [6, 6.07) is 15.9. The van der Waals surface area contributed by atoms with Crippen LogP contribution in [-0.4, -0.2) is 13.2 Å². The summed E-state index contributed by atoms with van der Waals surface area (Å²) < 4.78 is 26.2. The zero-order valence-electron chi connectivity index (χ0n) is 16.6. The van der Waals surface area contributed by atoms with Crippen molar-refractivity contribution in [2.75, 3.05) is 10.0 Å². The number of benzene rings is 2. The highest BCUT2D eigenvalue weighted by Gasteiger charge is 2.28. The third kappa shape index (κ3) is 5.24. The molecule has 2 aromatic rings. The Kier molecular flexibility index (Phi) is 5.71. The van der Waals surface area contributed by atoms with Crippen LogP contribution in [0.4, 0.5) is 11.4 Å². The van der Waals surface area contributed by atoms with Gasteiger partial charge in [0.2, 0.25) is 10.0 Å². The van der Waals surface area contributed by atoms with E-state index in [4.69, 9.17) is 0 Å². The maximum Gasteiger partial charge on any atom is 0.237 e. The average Bonchev–Trinajstić information content (AvgIpc) is 2.52. The van der Waals surface area contributed by atoms with Crippen LogP contribution in [0.1, 0.15) is 52.7 Å².